The lowest BCUT2D eigenvalue weighted by molar-refractivity contribution is -0.124. The number of anilines is 1. The van der Waals surface area contributed by atoms with Crippen LogP contribution in [-0.2, 0) is 17.6 Å². The molecule has 0 spiro atoms. The molecular formula is C17H20N2O. The zero-order valence-electron chi connectivity index (χ0n) is 11.7. The lowest BCUT2D eigenvalue weighted by Gasteiger charge is -2.29. The summed E-state index contributed by atoms with van der Waals surface area (Å²) < 4.78 is 0. The van der Waals surface area contributed by atoms with Gasteiger partial charge < -0.3 is 5.32 Å². The lowest BCUT2D eigenvalue weighted by atomic mass is 9.74. The smallest absolute Gasteiger partial charge is 0.244 e. The van der Waals surface area contributed by atoms with Crippen molar-refractivity contribution < 1.29 is 4.79 Å². The first kappa shape index (κ1) is 13.2. The first-order valence-corrected chi connectivity index (χ1v) is 7.58. The van der Waals surface area contributed by atoms with E-state index in [0.29, 0.717) is 12.8 Å². The van der Waals surface area contributed by atoms with Crippen molar-refractivity contribution in [1.29, 1.82) is 5.26 Å². The summed E-state index contributed by atoms with van der Waals surface area (Å²) in [5.41, 5.74) is 2.78. The summed E-state index contributed by atoms with van der Waals surface area (Å²) >= 11 is 0. The average Bonchev–Trinajstić information content (AvgIpc) is 2.95. The van der Waals surface area contributed by atoms with E-state index in [1.165, 1.54) is 17.5 Å². The summed E-state index contributed by atoms with van der Waals surface area (Å²) in [5.74, 6) is -0.113. The molecule has 1 fully saturated rings. The van der Waals surface area contributed by atoms with Crippen LogP contribution in [0.25, 0.3) is 0 Å². The van der Waals surface area contributed by atoms with Gasteiger partial charge in [0.05, 0.1) is 6.07 Å². The molecule has 1 N–H and O–H groups in total. The van der Waals surface area contributed by atoms with Gasteiger partial charge in [-0.2, -0.15) is 5.26 Å². The predicted octanol–water partition coefficient (Wildman–Crippen LogP) is 3.59. The second-order valence-corrected chi connectivity index (χ2v) is 6.05. The van der Waals surface area contributed by atoms with E-state index in [-0.39, 0.29) is 5.91 Å². The van der Waals surface area contributed by atoms with Crippen molar-refractivity contribution in [1.82, 2.24) is 0 Å². The third kappa shape index (κ3) is 2.31. The third-order valence-corrected chi connectivity index (χ3v) is 4.71. The molecule has 0 atom stereocenters. The molecule has 0 radical (unpaired) electrons. The minimum atomic E-state index is -0.808. The molecule has 1 aromatic rings. The van der Waals surface area contributed by atoms with E-state index >= 15 is 0 Å². The largest absolute Gasteiger partial charge is 0.325 e. The standard InChI is InChI=1S/C17H20N2O/c18-12-17(9-2-1-3-10-17)16(20)19-15-8-7-13-5-4-6-14(13)11-15/h7-8,11H,1-6,9-10H2,(H,19,20). The molecule has 2 aliphatic rings. The van der Waals surface area contributed by atoms with Crippen LogP contribution < -0.4 is 5.32 Å². The number of carbonyl (C=O) groups is 1. The van der Waals surface area contributed by atoms with Gasteiger partial charge in [0.15, 0.2) is 0 Å². The molecule has 1 saturated carbocycles. The quantitative estimate of drug-likeness (QED) is 0.891. The van der Waals surface area contributed by atoms with Gasteiger partial charge in [-0.05, 0) is 55.4 Å². The molecule has 0 bridgehead atoms. The van der Waals surface area contributed by atoms with Gasteiger partial charge >= 0.3 is 0 Å². The van der Waals surface area contributed by atoms with Crippen LogP contribution >= 0.6 is 0 Å². The Morgan fingerprint density at radius 2 is 1.85 bits per heavy atom. The highest BCUT2D eigenvalue weighted by molar-refractivity contribution is 5.97. The molecule has 2 aliphatic carbocycles. The average molecular weight is 268 g/mol. The Balaban J connectivity index is 1.77. The van der Waals surface area contributed by atoms with E-state index in [0.717, 1.165) is 37.8 Å². The highest BCUT2D eigenvalue weighted by Crippen LogP contribution is 2.37. The van der Waals surface area contributed by atoms with E-state index in [2.05, 4.69) is 23.5 Å². The Hall–Kier alpha value is -1.82. The second-order valence-electron chi connectivity index (χ2n) is 6.05. The highest BCUT2D eigenvalue weighted by atomic mass is 16.2. The fourth-order valence-corrected chi connectivity index (χ4v) is 3.45. The first-order valence-electron chi connectivity index (χ1n) is 7.58. The van der Waals surface area contributed by atoms with E-state index < -0.39 is 5.41 Å². The van der Waals surface area contributed by atoms with Crippen LogP contribution in [0, 0.1) is 16.7 Å². The van der Waals surface area contributed by atoms with Crippen molar-refractivity contribution in [3.05, 3.63) is 29.3 Å². The van der Waals surface area contributed by atoms with Crippen LogP contribution in [0.4, 0.5) is 5.69 Å². The monoisotopic (exact) mass is 268 g/mol. The molecule has 0 saturated heterocycles. The van der Waals surface area contributed by atoms with Crippen LogP contribution in [-0.4, -0.2) is 5.91 Å². The molecule has 3 rings (SSSR count). The summed E-state index contributed by atoms with van der Waals surface area (Å²) in [6.45, 7) is 0. The summed E-state index contributed by atoms with van der Waals surface area (Å²) in [6.07, 6.45) is 7.93. The minimum absolute atomic E-state index is 0.113. The van der Waals surface area contributed by atoms with Crippen LogP contribution in [0.1, 0.15) is 49.7 Å². The molecule has 1 amide bonds. The molecule has 3 nitrogen and oxygen atoms in total. The zero-order valence-corrected chi connectivity index (χ0v) is 11.7. The Kier molecular flexibility index (Phi) is 3.48. The third-order valence-electron chi connectivity index (χ3n) is 4.71. The van der Waals surface area contributed by atoms with E-state index in [1.807, 2.05) is 6.07 Å². The van der Waals surface area contributed by atoms with Crippen molar-refractivity contribution >= 4 is 11.6 Å². The number of fused-ring (bicyclic) bond motifs is 1. The number of benzene rings is 1. The lowest BCUT2D eigenvalue weighted by Crippen LogP contribution is -2.36. The van der Waals surface area contributed by atoms with Gasteiger partial charge in [0, 0.05) is 5.69 Å². The number of rotatable bonds is 2. The molecule has 0 aliphatic heterocycles. The van der Waals surface area contributed by atoms with Crippen LogP contribution in [0.3, 0.4) is 0 Å². The number of nitrogens with one attached hydrogen (secondary N) is 1. The van der Waals surface area contributed by atoms with Crippen molar-refractivity contribution in [2.75, 3.05) is 5.32 Å². The molecule has 0 heterocycles. The van der Waals surface area contributed by atoms with Gasteiger partial charge in [0.25, 0.3) is 0 Å². The molecular weight excluding hydrogens is 248 g/mol. The van der Waals surface area contributed by atoms with Gasteiger partial charge in [-0.1, -0.05) is 25.3 Å². The fraction of sp³-hybridized carbons (Fsp3) is 0.529. The maximum Gasteiger partial charge on any atom is 0.244 e. The number of nitrogens with zero attached hydrogens (tertiary/aromatic N) is 1. The van der Waals surface area contributed by atoms with Crippen LogP contribution in [0.15, 0.2) is 18.2 Å². The Labute approximate surface area is 120 Å². The van der Waals surface area contributed by atoms with E-state index in [1.54, 1.807) is 0 Å². The van der Waals surface area contributed by atoms with E-state index in [4.69, 9.17) is 0 Å². The molecule has 0 aromatic heterocycles. The van der Waals surface area contributed by atoms with Gasteiger partial charge in [-0.25, -0.2) is 0 Å². The molecule has 0 unspecified atom stereocenters. The summed E-state index contributed by atoms with van der Waals surface area (Å²) in [6, 6.07) is 8.43. The van der Waals surface area contributed by atoms with Crippen molar-refractivity contribution in [3.8, 4) is 6.07 Å². The van der Waals surface area contributed by atoms with Gasteiger partial charge in [0.1, 0.15) is 5.41 Å². The minimum Gasteiger partial charge on any atom is -0.325 e. The Morgan fingerprint density at radius 3 is 2.60 bits per heavy atom. The van der Waals surface area contributed by atoms with Crippen molar-refractivity contribution in [3.63, 3.8) is 0 Å². The van der Waals surface area contributed by atoms with Crippen molar-refractivity contribution in [2.24, 2.45) is 5.41 Å². The van der Waals surface area contributed by atoms with E-state index in [9.17, 15) is 10.1 Å². The fourth-order valence-electron chi connectivity index (χ4n) is 3.45. The maximum absolute atomic E-state index is 12.5. The number of hydrogen-bond donors (Lipinski definition) is 1. The number of nitriles is 1. The van der Waals surface area contributed by atoms with Crippen LogP contribution in [0.5, 0.6) is 0 Å². The second kappa shape index (κ2) is 5.28. The normalized spacial score (nSPS) is 19.9. The zero-order chi connectivity index (χ0) is 14.0. The molecule has 20 heavy (non-hydrogen) atoms. The number of hydrogen-bond acceptors (Lipinski definition) is 2. The molecule has 104 valence electrons. The number of amides is 1. The first-order chi connectivity index (χ1) is 9.73. The Morgan fingerprint density at radius 1 is 1.10 bits per heavy atom. The number of carbonyl (C=O) groups excluding carboxylic acids is 1. The summed E-state index contributed by atoms with van der Waals surface area (Å²) in [4.78, 5) is 12.5. The Bertz CT molecular complexity index is 565. The highest BCUT2D eigenvalue weighted by Gasteiger charge is 2.39. The predicted molar refractivity (Wildman–Crippen MR) is 78.2 cm³/mol. The van der Waals surface area contributed by atoms with Crippen LogP contribution in [0.2, 0.25) is 0 Å². The van der Waals surface area contributed by atoms with Gasteiger partial charge in [-0.3, -0.25) is 4.79 Å². The van der Waals surface area contributed by atoms with Gasteiger partial charge in [-0.15, -0.1) is 0 Å². The van der Waals surface area contributed by atoms with Crippen molar-refractivity contribution in [2.45, 2.75) is 51.4 Å². The SMILES string of the molecule is N#CC1(C(=O)Nc2ccc3c(c2)CCC3)CCCCC1. The summed E-state index contributed by atoms with van der Waals surface area (Å²) in [5, 5.41) is 12.4. The number of aryl methyl sites for hydroxylation is 2. The van der Waals surface area contributed by atoms with Gasteiger partial charge in [0.2, 0.25) is 5.91 Å². The molecule has 3 heteroatoms. The topological polar surface area (TPSA) is 52.9 Å². The summed E-state index contributed by atoms with van der Waals surface area (Å²) in [7, 11) is 0. The maximum atomic E-state index is 12.5. The molecule has 1 aromatic carbocycles.